The van der Waals surface area contributed by atoms with Crippen molar-refractivity contribution in [2.75, 3.05) is 6.54 Å². The predicted molar refractivity (Wildman–Crippen MR) is 40.7 cm³/mol. The molecule has 1 rings (SSSR count). The summed E-state index contributed by atoms with van der Waals surface area (Å²) in [5, 5.41) is 14.4. The van der Waals surface area contributed by atoms with Crippen LogP contribution in [0.5, 0.6) is 0 Å². The maximum Gasteiger partial charge on any atom is 0.404 e. The molecule has 1 aromatic rings. The van der Waals surface area contributed by atoms with Gasteiger partial charge in [-0.1, -0.05) is 0 Å². The molecule has 1 aromatic heterocycles. The van der Waals surface area contributed by atoms with Crippen LogP contribution in [0.4, 0.5) is 4.79 Å². The highest BCUT2D eigenvalue weighted by Gasteiger charge is 1.94. The Morgan fingerprint density at radius 2 is 2.50 bits per heavy atom. The maximum absolute atomic E-state index is 10.0. The Kier molecular flexibility index (Phi) is 3.06. The number of carbonyl (C=O) groups is 1. The lowest BCUT2D eigenvalue weighted by atomic mass is 10.4. The van der Waals surface area contributed by atoms with Crippen LogP contribution in [0.2, 0.25) is 0 Å². The highest BCUT2D eigenvalue weighted by molar-refractivity contribution is 5.64. The van der Waals surface area contributed by atoms with E-state index in [1.807, 2.05) is 0 Å². The molecule has 66 valence electrons. The monoisotopic (exact) mass is 170 g/mol. The molecule has 0 unspecified atom stereocenters. The van der Waals surface area contributed by atoms with Crippen LogP contribution in [-0.2, 0) is 6.54 Å². The summed E-state index contributed by atoms with van der Waals surface area (Å²) in [5.41, 5.74) is 0. The van der Waals surface area contributed by atoms with Crippen molar-refractivity contribution < 1.29 is 9.90 Å². The summed E-state index contributed by atoms with van der Waals surface area (Å²) in [6.07, 6.45) is 2.77. The van der Waals surface area contributed by atoms with E-state index in [2.05, 4.69) is 15.4 Å². The summed E-state index contributed by atoms with van der Waals surface area (Å²) in [6, 6.07) is 0. The molecule has 1 amide bonds. The summed E-state index contributed by atoms with van der Waals surface area (Å²) < 4.78 is 1.66. The molecule has 2 N–H and O–H groups in total. The maximum atomic E-state index is 10.0. The SMILES string of the molecule is O=C(O)NCCCn1cncn1. The van der Waals surface area contributed by atoms with E-state index >= 15 is 0 Å². The van der Waals surface area contributed by atoms with Crippen molar-refractivity contribution in [1.29, 1.82) is 0 Å². The van der Waals surface area contributed by atoms with Crippen LogP contribution in [0.1, 0.15) is 6.42 Å². The Balaban J connectivity index is 2.07. The number of amides is 1. The fourth-order valence-corrected chi connectivity index (χ4v) is 0.785. The molecule has 0 aliphatic carbocycles. The zero-order chi connectivity index (χ0) is 8.81. The van der Waals surface area contributed by atoms with Crippen LogP contribution in [0.25, 0.3) is 0 Å². The van der Waals surface area contributed by atoms with Crippen molar-refractivity contribution in [1.82, 2.24) is 20.1 Å². The molecule has 0 radical (unpaired) electrons. The Morgan fingerprint density at radius 3 is 3.08 bits per heavy atom. The summed E-state index contributed by atoms with van der Waals surface area (Å²) >= 11 is 0. The van der Waals surface area contributed by atoms with Crippen molar-refractivity contribution in [3.8, 4) is 0 Å². The minimum Gasteiger partial charge on any atom is -0.465 e. The average molecular weight is 170 g/mol. The lowest BCUT2D eigenvalue weighted by molar-refractivity contribution is 0.194. The van der Waals surface area contributed by atoms with E-state index in [-0.39, 0.29) is 0 Å². The standard InChI is InChI=1S/C6H10N4O2/c11-6(12)8-2-1-3-10-5-7-4-9-10/h4-5,8H,1-3H2,(H,11,12). The van der Waals surface area contributed by atoms with Gasteiger partial charge < -0.3 is 10.4 Å². The van der Waals surface area contributed by atoms with E-state index < -0.39 is 6.09 Å². The van der Waals surface area contributed by atoms with Gasteiger partial charge in [-0.25, -0.2) is 9.78 Å². The smallest absolute Gasteiger partial charge is 0.404 e. The average Bonchev–Trinajstić information content (AvgIpc) is 2.49. The lowest BCUT2D eigenvalue weighted by Crippen LogP contribution is -2.22. The van der Waals surface area contributed by atoms with E-state index in [1.165, 1.54) is 6.33 Å². The van der Waals surface area contributed by atoms with E-state index in [0.717, 1.165) is 6.42 Å². The first kappa shape index (κ1) is 8.51. The minimum atomic E-state index is -0.992. The molecule has 1 heterocycles. The number of aryl methyl sites for hydroxylation is 1. The van der Waals surface area contributed by atoms with Gasteiger partial charge in [0.2, 0.25) is 0 Å². The molecule has 0 aliphatic rings. The fraction of sp³-hybridized carbons (Fsp3) is 0.500. The Morgan fingerprint density at radius 1 is 1.67 bits per heavy atom. The first-order valence-electron chi connectivity index (χ1n) is 3.58. The summed E-state index contributed by atoms with van der Waals surface area (Å²) in [5.74, 6) is 0. The molecule has 0 aromatic carbocycles. The number of nitrogens with one attached hydrogen (secondary N) is 1. The highest BCUT2D eigenvalue weighted by atomic mass is 16.4. The molecular formula is C6H10N4O2. The number of hydrogen-bond donors (Lipinski definition) is 2. The van der Waals surface area contributed by atoms with Crippen molar-refractivity contribution in [2.45, 2.75) is 13.0 Å². The second-order valence-electron chi connectivity index (χ2n) is 2.24. The van der Waals surface area contributed by atoms with E-state index in [1.54, 1.807) is 11.0 Å². The van der Waals surface area contributed by atoms with Gasteiger partial charge in [0.1, 0.15) is 12.7 Å². The fourth-order valence-electron chi connectivity index (χ4n) is 0.785. The molecule has 0 atom stereocenters. The highest BCUT2D eigenvalue weighted by Crippen LogP contribution is 1.84. The molecule has 0 fully saturated rings. The van der Waals surface area contributed by atoms with Crippen molar-refractivity contribution in [3.63, 3.8) is 0 Å². The number of carboxylic acid groups (broad SMARTS) is 1. The quantitative estimate of drug-likeness (QED) is 0.620. The van der Waals surface area contributed by atoms with Gasteiger partial charge in [-0.3, -0.25) is 4.68 Å². The molecule has 0 saturated heterocycles. The number of rotatable bonds is 4. The van der Waals surface area contributed by atoms with Gasteiger partial charge in [0.15, 0.2) is 0 Å². The van der Waals surface area contributed by atoms with Gasteiger partial charge in [0.25, 0.3) is 0 Å². The molecule has 6 nitrogen and oxygen atoms in total. The normalized spacial score (nSPS) is 9.67. The predicted octanol–water partition coefficient (Wildman–Crippen LogP) is -0.0642. The second kappa shape index (κ2) is 4.32. The zero-order valence-corrected chi connectivity index (χ0v) is 6.47. The van der Waals surface area contributed by atoms with E-state index in [9.17, 15) is 4.79 Å². The first-order chi connectivity index (χ1) is 5.79. The molecule has 0 spiro atoms. The molecule has 0 aliphatic heterocycles. The topological polar surface area (TPSA) is 80.0 Å². The van der Waals surface area contributed by atoms with E-state index in [0.29, 0.717) is 13.1 Å². The molecule has 0 saturated carbocycles. The van der Waals surface area contributed by atoms with Gasteiger partial charge in [-0.15, -0.1) is 0 Å². The minimum absolute atomic E-state index is 0.440. The summed E-state index contributed by atoms with van der Waals surface area (Å²) in [4.78, 5) is 13.8. The van der Waals surface area contributed by atoms with E-state index in [4.69, 9.17) is 5.11 Å². The first-order valence-corrected chi connectivity index (χ1v) is 3.58. The van der Waals surface area contributed by atoms with Crippen molar-refractivity contribution >= 4 is 6.09 Å². The molecule has 0 bridgehead atoms. The third kappa shape index (κ3) is 3.00. The van der Waals surface area contributed by atoms with Crippen LogP contribution < -0.4 is 5.32 Å². The van der Waals surface area contributed by atoms with Crippen LogP contribution in [-0.4, -0.2) is 32.5 Å². The Bertz CT molecular complexity index is 234. The number of aromatic nitrogens is 3. The summed E-state index contributed by atoms with van der Waals surface area (Å²) in [6.45, 7) is 1.12. The molecule has 6 heteroatoms. The third-order valence-corrected chi connectivity index (χ3v) is 1.31. The van der Waals surface area contributed by atoms with Crippen molar-refractivity contribution in [3.05, 3.63) is 12.7 Å². The lowest BCUT2D eigenvalue weighted by Gasteiger charge is -2.00. The Hall–Kier alpha value is -1.59. The van der Waals surface area contributed by atoms with Gasteiger partial charge in [0, 0.05) is 13.1 Å². The van der Waals surface area contributed by atoms with Gasteiger partial charge >= 0.3 is 6.09 Å². The number of nitrogens with zero attached hydrogens (tertiary/aromatic N) is 3. The Labute approximate surface area is 69.2 Å². The van der Waals surface area contributed by atoms with Gasteiger partial charge in [-0.05, 0) is 6.42 Å². The summed E-state index contributed by atoms with van der Waals surface area (Å²) in [7, 11) is 0. The van der Waals surface area contributed by atoms with Crippen LogP contribution in [0, 0.1) is 0 Å². The van der Waals surface area contributed by atoms with Gasteiger partial charge in [0.05, 0.1) is 0 Å². The largest absolute Gasteiger partial charge is 0.465 e. The molecular weight excluding hydrogens is 160 g/mol. The van der Waals surface area contributed by atoms with Crippen molar-refractivity contribution in [2.24, 2.45) is 0 Å². The number of hydrogen-bond acceptors (Lipinski definition) is 3. The van der Waals surface area contributed by atoms with Gasteiger partial charge in [-0.2, -0.15) is 5.10 Å². The van der Waals surface area contributed by atoms with Crippen LogP contribution >= 0.6 is 0 Å². The second-order valence-corrected chi connectivity index (χ2v) is 2.24. The zero-order valence-electron chi connectivity index (χ0n) is 6.47. The molecule has 12 heavy (non-hydrogen) atoms. The van der Waals surface area contributed by atoms with Crippen LogP contribution in [0.15, 0.2) is 12.7 Å². The van der Waals surface area contributed by atoms with Crippen LogP contribution in [0.3, 0.4) is 0 Å². The third-order valence-electron chi connectivity index (χ3n) is 1.31.